The highest BCUT2D eigenvalue weighted by Gasteiger charge is 2.18. The first-order valence-electron chi connectivity index (χ1n) is 14.3. The topological polar surface area (TPSA) is 78.9 Å². The Kier molecular flexibility index (Phi) is 12.7. The van der Waals surface area contributed by atoms with Gasteiger partial charge in [0.05, 0.1) is 17.7 Å². The Morgan fingerprint density at radius 3 is 1.88 bits per heavy atom. The Balaban J connectivity index is 1.50. The van der Waals surface area contributed by atoms with Crippen LogP contribution in [0.1, 0.15) is 86.4 Å². The molecular weight excluding hydrogens is 516 g/mol. The number of Topliss-reactive ketones (excluding diaryl/α,β-unsaturated/α-hetero) is 1. The zero-order valence-electron chi connectivity index (χ0n) is 24.1. The highest BCUT2D eigenvalue weighted by Crippen LogP contribution is 2.24. The molecule has 0 radical (unpaired) electrons. The van der Waals surface area contributed by atoms with Gasteiger partial charge in [-0.1, -0.05) is 69.7 Å². The zero-order chi connectivity index (χ0) is 29.5. The Morgan fingerprint density at radius 2 is 1.24 bits per heavy atom. The van der Waals surface area contributed by atoms with Crippen LogP contribution < -0.4 is 9.47 Å². The van der Waals surface area contributed by atoms with E-state index in [-0.39, 0.29) is 11.3 Å². The van der Waals surface area contributed by atoms with E-state index in [0.29, 0.717) is 12.0 Å². The number of rotatable bonds is 14. The molecule has 3 aromatic rings. The molecule has 0 aliphatic carbocycles. The van der Waals surface area contributed by atoms with E-state index in [1.165, 1.54) is 50.5 Å². The summed E-state index contributed by atoms with van der Waals surface area (Å²) in [4.78, 5) is 37.1. The Morgan fingerprint density at radius 1 is 0.683 bits per heavy atom. The number of hydrogen-bond acceptors (Lipinski definition) is 6. The lowest BCUT2D eigenvalue weighted by Crippen LogP contribution is -2.23. The van der Waals surface area contributed by atoms with Crippen LogP contribution in [0.5, 0.6) is 11.5 Å². The predicted molar refractivity (Wildman–Crippen MR) is 160 cm³/mol. The van der Waals surface area contributed by atoms with Crippen molar-refractivity contribution in [3.63, 3.8) is 0 Å². The molecule has 0 saturated carbocycles. The quantitative estimate of drug-likeness (QED) is 0.0664. The van der Waals surface area contributed by atoms with Gasteiger partial charge in [-0.15, -0.1) is 0 Å². The third-order valence-corrected chi connectivity index (χ3v) is 6.40. The second-order valence-electron chi connectivity index (χ2n) is 9.74. The maximum Gasteiger partial charge on any atom is 0.343 e. The summed E-state index contributed by atoms with van der Waals surface area (Å²) in [5, 5.41) is 0. The normalized spacial score (nSPS) is 11.1. The van der Waals surface area contributed by atoms with Crippen LogP contribution in [0, 0.1) is 11.8 Å². The highest BCUT2D eigenvalue weighted by molar-refractivity contribution is 6.01. The summed E-state index contributed by atoms with van der Waals surface area (Å²) in [6.07, 6.45) is 6.25. The number of unbranched alkanes of at least 4 members (excludes halogenated alkanes) is 5. The van der Waals surface area contributed by atoms with Crippen LogP contribution in [0.25, 0.3) is 11.1 Å². The van der Waals surface area contributed by atoms with E-state index in [9.17, 15) is 14.4 Å². The predicted octanol–water partition coefficient (Wildman–Crippen LogP) is 7.84. The smallest absolute Gasteiger partial charge is 0.343 e. The summed E-state index contributed by atoms with van der Waals surface area (Å²) in [5.74, 6) is 4.84. The van der Waals surface area contributed by atoms with Gasteiger partial charge in [-0.25, -0.2) is 9.59 Å². The molecular formula is C35H38O6. The summed E-state index contributed by atoms with van der Waals surface area (Å²) in [6, 6.07) is 21.1. The lowest BCUT2D eigenvalue weighted by molar-refractivity contribution is -0.121. The zero-order valence-corrected chi connectivity index (χ0v) is 24.1. The first kappa shape index (κ1) is 31.2. The number of ether oxygens (including phenoxy) is 3. The average molecular weight is 555 g/mol. The molecule has 214 valence electrons. The summed E-state index contributed by atoms with van der Waals surface area (Å²) in [5.41, 5.74) is 2.63. The molecule has 0 heterocycles. The summed E-state index contributed by atoms with van der Waals surface area (Å²) >= 11 is 0. The van der Waals surface area contributed by atoms with E-state index in [1.54, 1.807) is 12.1 Å². The average Bonchev–Trinajstić information content (AvgIpc) is 2.99. The fraction of sp³-hybridized carbons (Fsp3) is 0.343. The van der Waals surface area contributed by atoms with Crippen LogP contribution in [0.3, 0.4) is 0 Å². The van der Waals surface area contributed by atoms with Gasteiger partial charge in [0.25, 0.3) is 0 Å². The van der Waals surface area contributed by atoms with Gasteiger partial charge < -0.3 is 14.2 Å². The standard InChI is InChI=1S/C35H38O6/c1-4-6-8-10-12-33(36)26(3)40-34(37)30-19-23-32(24-20-30)41-35(38)29-15-13-27(14-16-29)28-17-21-31(22-18-28)39-25-11-9-7-5-2/h13-24,26H,4-9,11,25H2,1-3H3. The number of carbonyl (C=O) groups is 3. The highest BCUT2D eigenvalue weighted by atomic mass is 16.5. The maximum absolute atomic E-state index is 12.7. The molecule has 0 bridgehead atoms. The summed E-state index contributed by atoms with van der Waals surface area (Å²) < 4.78 is 16.5. The molecule has 0 aliphatic rings. The number of carbonyl (C=O) groups excluding carboxylic acids is 3. The van der Waals surface area contributed by atoms with Crippen LogP contribution in [-0.4, -0.2) is 30.4 Å². The minimum absolute atomic E-state index is 0.237. The second-order valence-corrected chi connectivity index (χ2v) is 9.74. The van der Waals surface area contributed by atoms with Crippen molar-refractivity contribution in [1.29, 1.82) is 0 Å². The van der Waals surface area contributed by atoms with Crippen molar-refractivity contribution >= 4 is 17.7 Å². The van der Waals surface area contributed by atoms with Crippen molar-refractivity contribution in [3.05, 3.63) is 83.9 Å². The molecule has 41 heavy (non-hydrogen) atoms. The van der Waals surface area contributed by atoms with Gasteiger partial charge >= 0.3 is 11.9 Å². The van der Waals surface area contributed by atoms with Crippen LogP contribution in [-0.2, 0) is 9.53 Å². The Bertz CT molecular complexity index is 1330. The van der Waals surface area contributed by atoms with Crippen molar-refractivity contribution in [2.45, 2.75) is 71.8 Å². The third kappa shape index (κ3) is 10.3. The van der Waals surface area contributed by atoms with Gasteiger partial charge in [0.2, 0.25) is 5.78 Å². The van der Waals surface area contributed by atoms with Crippen molar-refractivity contribution in [2.24, 2.45) is 0 Å². The van der Waals surface area contributed by atoms with E-state index in [1.807, 2.05) is 43.3 Å². The lowest BCUT2D eigenvalue weighted by Gasteiger charge is -2.10. The van der Waals surface area contributed by atoms with Crippen molar-refractivity contribution in [1.82, 2.24) is 0 Å². The molecule has 0 saturated heterocycles. The fourth-order valence-electron chi connectivity index (χ4n) is 3.88. The first-order chi connectivity index (χ1) is 19.9. The molecule has 3 rings (SSSR count). The van der Waals surface area contributed by atoms with Crippen LogP contribution in [0.4, 0.5) is 0 Å². The Labute approximate surface area is 243 Å². The van der Waals surface area contributed by atoms with Crippen LogP contribution >= 0.6 is 0 Å². The van der Waals surface area contributed by atoms with Crippen molar-refractivity contribution in [3.8, 4) is 34.5 Å². The summed E-state index contributed by atoms with van der Waals surface area (Å²) in [7, 11) is 0. The van der Waals surface area contributed by atoms with Crippen LogP contribution in [0.15, 0.2) is 72.8 Å². The second kappa shape index (κ2) is 16.7. The number of benzene rings is 3. The van der Waals surface area contributed by atoms with E-state index >= 15 is 0 Å². The van der Waals surface area contributed by atoms with Crippen LogP contribution in [0.2, 0.25) is 0 Å². The molecule has 0 aliphatic heterocycles. The molecule has 1 unspecified atom stereocenters. The molecule has 0 spiro atoms. The van der Waals surface area contributed by atoms with Gasteiger partial charge in [0, 0.05) is 6.42 Å². The number of esters is 2. The lowest BCUT2D eigenvalue weighted by atomic mass is 10.0. The molecule has 1 atom stereocenters. The fourth-order valence-corrected chi connectivity index (χ4v) is 3.88. The van der Waals surface area contributed by atoms with Gasteiger partial charge in [0.15, 0.2) is 6.10 Å². The van der Waals surface area contributed by atoms with E-state index < -0.39 is 23.8 Å². The van der Waals surface area contributed by atoms with E-state index in [4.69, 9.17) is 14.2 Å². The van der Waals surface area contributed by atoms with Gasteiger partial charge in [-0.3, -0.25) is 4.79 Å². The minimum atomic E-state index is -0.969. The molecule has 0 fully saturated rings. The van der Waals surface area contributed by atoms with E-state index in [0.717, 1.165) is 42.7 Å². The first-order valence-corrected chi connectivity index (χ1v) is 14.3. The summed E-state index contributed by atoms with van der Waals surface area (Å²) in [6.45, 7) is 6.45. The SMILES string of the molecule is CCCCC#CC(=O)C(C)OC(=O)c1ccc(OC(=O)c2ccc(-c3ccc(OCCCCCC)cc3)cc2)cc1. The molecule has 0 N–H and O–H groups in total. The molecule has 0 aromatic heterocycles. The number of ketones is 1. The van der Waals surface area contributed by atoms with Crippen molar-refractivity contribution < 1.29 is 28.6 Å². The largest absolute Gasteiger partial charge is 0.494 e. The third-order valence-electron chi connectivity index (χ3n) is 6.40. The van der Waals surface area contributed by atoms with E-state index in [2.05, 4.69) is 18.8 Å². The Hall–Kier alpha value is -4.37. The minimum Gasteiger partial charge on any atom is -0.494 e. The van der Waals surface area contributed by atoms with Gasteiger partial charge in [0.1, 0.15) is 11.5 Å². The van der Waals surface area contributed by atoms with Gasteiger partial charge in [-0.2, -0.15) is 0 Å². The van der Waals surface area contributed by atoms with Crippen molar-refractivity contribution in [2.75, 3.05) is 6.61 Å². The molecule has 3 aromatic carbocycles. The number of hydrogen-bond donors (Lipinski definition) is 0. The molecule has 0 amide bonds. The molecule has 6 nitrogen and oxygen atoms in total. The monoisotopic (exact) mass is 554 g/mol. The van der Waals surface area contributed by atoms with Gasteiger partial charge in [-0.05, 0) is 85.3 Å². The maximum atomic E-state index is 12.7. The molecule has 6 heteroatoms.